The molecule has 2 N–H and O–H groups in total. The first kappa shape index (κ1) is 15.3. The van der Waals surface area contributed by atoms with E-state index in [1.807, 2.05) is 12.1 Å². The molecule has 0 radical (unpaired) electrons. The molecule has 1 aromatic carbocycles. The Morgan fingerprint density at radius 1 is 1.35 bits per heavy atom. The van der Waals surface area contributed by atoms with Gasteiger partial charge >= 0.3 is 0 Å². The predicted molar refractivity (Wildman–Crippen MR) is 81.3 cm³/mol. The second-order valence-electron chi connectivity index (χ2n) is 5.94. The summed E-state index contributed by atoms with van der Waals surface area (Å²) in [6, 6.07) is 7.18. The lowest BCUT2D eigenvalue weighted by Crippen LogP contribution is -2.32. The molecule has 0 amide bonds. The summed E-state index contributed by atoms with van der Waals surface area (Å²) in [5, 5.41) is 0. The van der Waals surface area contributed by atoms with Gasteiger partial charge in [-0.15, -0.1) is 0 Å². The maximum Gasteiger partial charge on any atom is 0.244 e. The topological polar surface area (TPSA) is 66.6 Å². The summed E-state index contributed by atoms with van der Waals surface area (Å²) in [4.78, 5) is 2.50. The molecule has 112 valence electrons. The molecule has 1 fully saturated rings. The first-order chi connectivity index (χ1) is 9.30. The van der Waals surface area contributed by atoms with Crippen LogP contribution in [0.15, 0.2) is 29.2 Å². The molecule has 0 aliphatic carbocycles. The molecule has 1 aliphatic heterocycles. The molecule has 20 heavy (non-hydrogen) atoms. The predicted octanol–water partition coefficient (Wildman–Crippen LogP) is 1.11. The SMILES string of the molecule is CN(C)S(=O)(=O)c1ccccc1N1CCC(C)(CN)C1. The lowest BCUT2D eigenvalue weighted by Gasteiger charge is -2.26. The largest absolute Gasteiger partial charge is 0.370 e. The van der Waals surface area contributed by atoms with Gasteiger partial charge in [-0.1, -0.05) is 19.1 Å². The molecule has 0 spiro atoms. The first-order valence-electron chi connectivity index (χ1n) is 6.77. The number of benzene rings is 1. The summed E-state index contributed by atoms with van der Waals surface area (Å²) >= 11 is 0. The van der Waals surface area contributed by atoms with Crippen LogP contribution in [0.2, 0.25) is 0 Å². The number of para-hydroxylation sites is 1. The zero-order valence-electron chi connectivity index (χ0n) is 12.3. The highest BCUT2D eigenvalue weighted by atomic mass is 32.2. The highest BCUT2D eigenvalue weighted by molar-refractivity contribution is 7.89. The number of sulfonamides is 1. The van der Waals surface area contributed by atoms with Gasteiger partial charge in [-0.05, 0) is 30.5 Å². The highest BCUT2D eigenvalue weighted by Crippen LogP contribution is 2.35. The highest BCUT2D eigenvalue weighted by Gasteiger charge is 2.34. The van der Waals surface area contributed by atoms with Crippen molar-refractivity contribution in [1.29, 1.82) is 0 Å². The fourth-order valence-corrected chi connectivity index (χ4v) is 3.63. The summed E-state index contributed by atoms with van der Waals surface area (Å²) in [6.07, 6.45) is 0.986. The molecule has 2 rings (SSSR count). The maximum atomic E-state index is 12.4. The van der Waals surface area contributed by atoms with Crippen LogP contribution in [0.4, 0.5) is 5.69 Å². The van der Waals surface area contributed by atoms with Gasteiger partial charge in [-0.25, -0.2) is 12.7 Å². The molecule has 5 nitrogen and oxygen atoms in total. The zero-order chi connectivity index (χ0) is 15.0. The van der Waals surface area contributed by atoms with Crippen LogP contribution in [-0.4, -0.2) is 46.5 Å². The Morgan fingerprint density at radius 2 is 2.00 bits per heavy atom. The average molecular weight is 297 g/mol. The van der Waals surface area contributed by atoms with E-state index in [-0.39, 0.29) is 5.41 Å². The minimum Gasteiger partial charge on any atom is -0.370 e. The van der Waals surface area contributed by atoms with Crippen molar-refractivity contribution in [2.24, 2.45) is 11.1 Å². The summed E-state index contributed by atoms with van der Waals surface area (Å²) in [6.45, 7) is 4.40. The van der Waals surface area contributed by atoms with Crippen molar-refractivity contribution in [2.45, 2.75) is 18.2 Å². The van der Waals surface area contributed by atoms with Gasteiger partial charge in [0.15, 0.2) is 0 Å². The van der Waals surface area contributed by atoms with Gasteiger partial charge < -0.3 is 10.6 Å². The van der Waals surface area contributed by atoms with E-state index in [0.717, 1.165) is 25.2 Å². The number of anilines is 1. The van der Waals surface area contributed by atoms with E-state index >= 15 is 0 Å². The molecule has 0 saturated carbocycles. The van der Waals surface area contributed by atoms with Crippen LogP contribution in [-0.2, 0) is 10.0 Å². The second-order valence-corrected chi connectivity index (χ2v) is 8.06. The molecular formula is C14H23N3O2S. The quantitative estimate of drug-likeness (QED) is 0.904. The van der Waals surface area contributed by atoms with Crippen LogP contribution >= 0.6 is 0 Å². The average Bonchev–Trinajstić information content (AvgIpc) is 2.82. The van der Waals surface area contributed by atoms with E-state index in [9.17, 15) is 8.42 Å². The molecule has 1 saturated heterocycles. The van der Waals surface area contributed by atoms with Gasteiger partial charge in [0.25, 0.3) is 0 Å². The Morgan fingerprint density at radius 3 is 2.55 bits per heavy atom. The van der Waals surface area contributed by atoms with Crippen molar-refractivity contribution in [3.63, 3.8) is 0 Å². The van der Waals surface area contributed by atoms with Crippen LogP contribution < -0.4 is 10.6 Å². The third-order valence-corrected chi connectivity index (χ3v) is 5.88. The van der Waals surface area contributed by atoms with Crippen molar-refractivity contribution in [3.05, 3.63) is 24.3 Å². The molecule has 1 atom stereocenters. The normalized spacial score (nSPS) is 23.6. The fourth-order valence-electron chi connectivity index (χ4n) is 2.53. The fraction of sp³-hybridized carbons (Fsp3) is 0.571. The van der Waals surface area contributed by atoms with Crippen LogP contribution in [0.1, 0.15) is 13.3 Å². The van der Waals surface area contributed by atoms with Crippen LogP contribution in [0.5, 0.6) is 0 Å². The van der Waals surface area contributed by atoms with Crippen molar-refractivity contribution in [1.82, 2.24) is 4.31 Å². The molecule has 1 aromatic rings. The molecule has 1 aliphatic rings. The smallest absolute Gasteiger partial charge is 0.244 e. The summed E-state index contributed by atoms with van der Waals surface area (Å²) in [5.74, 6) is 0. The third-order valence-electron chi connectivity index (χ3n) is 4.02. The monoisotopic (exact) mass is 297 g/mol. The number of nitrogens with two attached hydrogens (primary N) is 1. The van der Waals surface area contributed by atoms with Gasteiger partial charge in [0, 0.05) is 27.2 Å². The Balaban J connectivity index is 2.40. The van der Waals surface area contributed by atoms with Crippen molar-refractivity contribution >= 4 is 15.7 Å². The Kier molecular flexibility index (Phi) is 4.09. The number of hydrogen-bond acceptors (Lipinski definition) is 4. The van der Waals surface area contributed by atoms with Crippen molar-refractivity contribution in [3.8, 4) is 0 Å². The third kappa shape index (κ3) is 2.68. The number of hydrogen-bond donors (Lipinski definition) is 1. The standard InChI is InChI=1S/C14H23N3O2S/c1-14(10-15)8-9-17(11-14)12-6-4-5-7-13(12)20(18,19)16(2)3/h4-7H,8-11,15H2,1-3H3. The van der Waals surface area contributed by atoms with Crippen LogP contribution in [0.3, 0.4) is 0 Å². The van der Waals surface area contributed by atoms with Gasteiger partial charge in [0.1, 0.15) is 4.90 Å². The summed E-state index contributed by atoms with van der Waals surface area (Å²) < 4.78 is 26.1. The summed E-state index contributed by atoms with van der Waals surface area (Å²) in [7, 11) is -0.317. The van der Waals surface area contributed by atoms with E-state index in [1.165, 1.54) is 4.31 Å². The zero-order valence-corrected chi connectivity index (χ0v) is 13.2. The van der Waals surface area contributed by atoms with E-state index in [1.54, 1.807) is 26.2 Å². The molecule has 0 bridgehead atoms. The van der Waals surface area contributed by atoms with Crippen LogP contribution in [0, 0.1) is 5.41 Å². The van der Waals surface area contributed by atoms with E-state index in [0.29, 0.717) is 11.4 Å². The van der Waals surface area contributed by atoms with Crippen molar-refractivity contribution < 1.29 is 8.42 Å². The Hall–Kier alpha value is -1.11. The van der Waals surface area contributed by atoms with Crippen molar-refractivity contribution in [2.75, 3.05) is 38.6 Å². The first-order valence-corrected chi connectivity index (χ1v) is 8.21. The molecule has 1 heterocycles. The molecule has 6 heteroatoms. The lowest BCUT2D eigenvalue weighted by atomic mass is 9.90. The van der Waals surface area contributed by atoms with E-state index < -0.39 is 10.0 Å². The minimum atomic E-state index is -3.43. The van der Waals surface area contributed by atoms with Gasteiger partial charge in [0.05, 0.1) is 5.69 Å². The van der Waals surface area contributed by atoms with Gasteiger partial charge in [-0.2, -0.15) is 0 Å². The summed E-state index contributed by atoms with van der Waals surface area (Å²) in [5.41, 5.74) is 6.67. The Labute approximate surface area is 121 Å². The molecule has 0 aromatic heterocycles. The number of nitrogens with zero attached hydrogens (tertiary/aromatic N) is 2. The van der Waals surface area contributed by atoms with E-state index in [4.69, 9.17) is 5.73 Å². The molecular weight excluding hydrogens is 274 g/mol. The van der Waals surface area contributed by atoms with Gasteiger partial charge in [-0.3, -0.25) is 0 Å². The maximum absolute atomic E-state index is 12.4. The molecule has 1 unspecified atom stereocenters. The lowest BCUT2D eigenvalue weighted by molar-refractivity contribution is 0.383. The second kappa shape index (κ2) is 5.35. The van der Waals surface area contributed by atoms with E-state index in [2.05, 4.69) is 11.8 Å². The Bertz CT molecular complexity index is 586. The van der Waals surface area contributed by atoms with Crippen LogP contribution in [0.25, 0.3) is 0 Å². The number of rotatable bonds is 4. The van der Waals surface area contributed by atoms with Gasteiger partial charge in [0.2, 0.25) is 10.0 Å². The minimum absolute atomic E-state index is 0.0645.